The summed E-state index contributed by atoms with van der Waals surface area (Å²) in [6, 6.07) is 8.57. The molecular weight excluding hydrogens is 625 g/mol. The van der Waals surface area contributed by atoms with Crippen molar-refractivity contribution in [2.24, 2.45) is 0 Å². The van der Waals surface area contributed by atoms with Gasteiger partial charge in [0.1, 0.15) is 29.3 Å². The molecule has 4 heterocycles. The van der Waals surface area contributed by atoms with Crippen LogP contribution in [0.2, 0.25) is 0 Å². The summed E-state index contributed by atoms with van der Waals surface area (Å²) in [5, 5.41) is 8.71. The Kier molecular flexibility index (Phi) is 10.3. The first kappa shape index (κ1) is 34.8. The molecule has 256 valence electrons. The molecule has 1 spiro atoms. The summed E-state index contributed by atoms with van der Waals surface area (Å²) in [5.74, 6) is 0.710. The average molecular weight is 672 g/mol. The Balaban J connectivity index is 1.35. The van der Waals surface area contributed by atoms with E-state index in [2.05, 4.69) is 10.3 Å². The van der Waals surface area contributed by atoms with E-state index in [-0.39, 0.29) is 18.7 Å². The molecule has 0 radical (unpaired) electrons. The van der Waals surface area contributed by atoms with E-state index in [1.807, 2.05) is 65.9 Å². The number of ether oxygens (including phenoxy) is 3. The second-order valence-corrected chi connectivity index (χ2v) is 14.8. The molecular formula is C33H46N5O8P. The zero-order valence-electron chi connectivity index (χ0n) is 28.5. The third-order valence-corrected chi connectivity index (χ3v) is 9.35. The number of methoxy groups -OCH3 is 1. The molecule has 1 atom stereocenters. The Morgan fingerprint density at radius 2 is 1.77 bits per heavy atom. The molecule has 2 aliphatic heterocycles. The van der Waals surface area contributed by atoms with Crippen molar-refractivity contribution < 1.29 is 37.4 Å². The number of aromatic nitrogens is 3. The zero-order chi connectivity index (χ0) is 34.0. The maximum atomic E-state index is 14.0. The molecule has 1 fully saturated rings. The van der Waals surface area contributed by atoms with Gasteiger partial charge in [0, 0.05) is 50.0 Å². The Bertz CT molecular complexity index is 1560. The predicted octanol–water partition coefficient (Wildman–Crippen LogP) is 6.52. The molecule has 2 aromatic heterocycles. The Morgan fingerprint density at radius 3 is 2.40 bits per heavy atom. The van der Waals surface area contributed by atoms with Gasteiger partial charge in [0.25, 0.3) is 5.91 Å². The fourth-order valence-corrected chi connectivity index (χ4v) is 6.83. The lowest BCUT2D eigenvalue weighted by Gasteiger charge is -2.46. The van der Waals surface area contributed by atoms with E-state index in [0.717, 1.165) is 5.39 Å². The van der Waals surface area contributed by atoms with Gasteiger partial charge in [-0.05, 0) is 60.6 Å². The highest BCUT2D eigenvalue weighted by atomic mass is 31.2. The molecule has 1 aromatic carbocycles. The molecule has 13 nitrogen and oxygen atoms in total. The number of fused-ring (bicyclic) bond motifs is 2. The summed E-state index contributed by atoms with van der Waals surface area (Å²) >= 11 is 0. The second kappa shape index (κ2) is 13.9. The number of amides is 2. The quantitative estimate of drug-likeness (QED) is 0.251. The normalized spacial score (nSPS) is 17.8. The van der Waals surface area contributed by atoms with Gasteiger partial charge in [-0.2, -0.15) is 5.10 Å². The summed E-state index contributed by atoms with van der Waals surface area (Å²) in [6.45, 7) is 14.8. The Hall–Kier alpha value is -3.51. The van der Waals surface area contributed by atoms with Crippen LogP contribution in [0.15, 0.2) is 36.5 Å². The maximum absolute atomic E-state index is 14.0. The number of benzene rings is 1. The molecule has 47 heavy (non-hydrogen) atoms. The van der Waals surface area contributed by atoms with Crippen molar-refractivity contribution in [1.82, 2.24) is 25.0 Å². The van der Waals surface area contributed by atoms with E-state index in [1.165, 1.54) is 0 Å². The summed E-state index contributed by atoms with van der Waals surface area (Å²) in [5.41, 5.74) is 0.0350. The van der Waals surface area contributed by atoms with Crippen LogP contribution in [-0.2, 0) is 25.0 Å². The summed E-state index contributed by atoms with van der Waals surface area (Å²) < 4.78 is 36.9. The molecule has 2 amide bonds. The predicted molar refractivity (Wildman–Crippen MR) is 176 cm³/mol. The van der Waals surface area contributed by atoms with E-state index in [1.54, 1.807) is 35.7 Å². The van der Waals surface area contributed by atoms with E-state index in [9.17, 15) is 9.59 Å². The molecule has 2 aliphatic rings. The van der Waals surface area contributed by atoms with Gasteiger partial charge in [-0.3, -0.25) is 9.32 Å². The number of likely N-dealkylation sites (tertiary alicyclic amines) is 1. The number of rotatable bonds is 9. The first-order valence-electron chi connectivity index (χ1n) is 15.9. The van der Waals surface area contributed by atoms with Crippen molar-refractivity contribution in [3.8, 4) is 11.6 Å². The van der Waals surface area contributed by atoms with Crippen molar-refractivity contribution in [3.63, 3.8) is 0 Å². The van der Waals surface area contributed by atoms with Crippen LogP contribution in [0.1, 0.15) is 89.8 Å². The average Bonchev–Trinajstić information content (AvgIpc) is 3.42. The third kappa shape index (κ3) is 8.70. The van der Waals surface area contributed by atoms with Crippen LogP contribution in [0.5, 0.6) is 11.6 Å². The molecule has 14 heteroatoms. The largest absolute Gasteiger partial charge is 0.485 e. The van der Waals surface area contributed by atoms with E-state index < -0.39 is 31.4 Å². The van der Waals surface area contributed by atoms with Gasteiger partial charge in [0.2, 0.25) is 5.88 Å². The fourth-order valence-electron chi connectivity index (χ4n) is 5.58. The topological polar surface area (TPSA) is 136 Å². The maximum Gasteiger partial charge on any atom is 0.409 e. The van der Waals surface area contributed by atoms with Crippen molar-refractivity contribution in [2.45, 2.75) is 97.3 Å². The van der Waals surface area contributed by atoms with Crippen LogP contribution in [0.4, 0.5) is 4.79 Å². The van der Waals surface area contributed by atoms with Crippen molar-refractivity contribution in [2.75, 3.05) is 26.8 Å². The number of carbonyl (C=O) groups excluding carboxylic acids is 2. The van der Waals surface area contributed by atoms with Gasteiger partial charge < -0.3 is 33.5 Å². The van der Waals surface area contributed by atoms with Gasteiger partial charge in [0.15, 0.2) is 0 Å². The highest BCUT2D eigenvalue weighted by Gasteiger charge is 2.45. The third-order valence-electron chi connectivity index (χ3n) is 7.63. The molecule has 1 N–H and O–H groups in total. The summed E-state index contributed by atoms with van der Waals surface area (Å²) in [4.78, 5) is 32.7. The van der Waals surface area contributed by atoms with Crippen molar-refractivity contribution in [1.29, 1.82) is 0 Å². The molecule has 1 unspecified atom stereocenters. The van der Waals surface area contributed by atoms with Gasteiger partial charge >= 0.3 is 14.7 Å². The first-order valence-corrected chi connectivity index (χ1v) is 17.0. The summed E-state index contributed by atoms with van der Waals surface area (Å²) in [7, 11) is -0.118. The Labute approximate surface area is 277 Å². The summed E-state index contributed by atoms with van der Waals surface area (Å²) in [6.07, 6.45) is 3.16. The van der Waals surface area contributed by atoms with E-state index in [4.69, 9.17) is 32.9 Å². The smallest absolute Gasteiger partial charge is 0.409 e. The lowest BCUT2D eigenvalue weighted by Crippen LogP contribution is -2.53. The number of nitrogens with zero attached hydrogens (tertiary/aromatic N) is 4. The minimum atomic E-state index is -1.67. The van der Waals surface area contributed by atoms with Gasteiger partial charge in [-0.15, -0.1) is 0 Å². The number of pyridine rings is 1. The van der Waals surface area contributed by atoms with Crippen LogP contribution >= 0.6 is 8.60 Å². The van der Waals surface area contributed by atoms with Crippen molar-refractivity contribution in [3.05, 3.63) is 47.8 Å². The lowest BCUT2D eigenvalue weighted by molar-refractivity contribution is -0.0246. The van der Waals surface area contributed by atoms with E-state index in [0.29, 0.717) is 67.4 Å². The van der Waals surface area contributed by atoms with Crippen LogP contribution in [-0.4, -0.2) is 75.3 Å². The van der Waals surface area contributed by atoms with E-state index >= 15 is 0 Å². The van der Waals surface area contributed by atoms with Gasteiger partial charge in [-0.25, -0.2) is 14.5 Å². The monoisotopic (exact) mass is 671 g/mol. The standard InChI is InChI=1S/C33H46N5O8P/c1-9-42-30(40)37-17-15-33(16-18-37)19-24(28-25(44-33)13-14-26(35-28)41-8)34-29(39)23-12-10-11-22-20-38(36-27(22)23)21-43-47(45-31(2,3)4)46-32(5,6)7/h10-14,20,24H,9,15-19,21H2,1-8H3,(H,34,39). The van der Waals surface area contributed by atoms with Gasteiger partial charge in [0.05, 0.1) is 36.5 Å². The minimum absolute atomic E-state index is 0.0794. The van der Waals surface area contributed by atoms with Gasteiger partial charge in [-0.1, -0.05) is 12.1 Å². The number of hydrogen-bond acceptors (Lipinski definition) is 10. The highest BCUT2D eigenvalue weighted by Crippen LogP contribution is 2.48. The number of hydrogen-bond donors (Lipinski definition) is 1. The minimum Gasteiger partial charge on any atom is -0.485 e. The van der Waals surface area contributed by atoms with Crippen molar-refractivity contribution >= 4 is 31.5 Å². The van der Waals surface area contributed by atoms with Crippen LogP contribution in [0.3, 0.4) is 0 Å². The van der Waals surface area contributed by atoms with Crippen LogP contribution < -0.4 is 14.8 Å². The lowest BCUT2D eigenvalue weighted by atomic mass is 9.81. The SMILES string of the molecule is CCOC(=O)N1CCC2(CC1)CC(NC(=O)c1cccc3cn(COP(OC(C)(C)C)OC(C)(C)C)nc13)c1nc(OC)ccc1O2. The molecule has 5 rings (SSSR count). The molecule has 1 saturated heterocycles. The molecule has 0 bridgehead atoms. The van der Waals surface area contributed by atoms with Crippen LogP contribution in [0, 0.1) is 0 Å². The molecule has 0 aliphatic carbocycles. The molecule has 3 aromatic rings. The first-order chi connectivity index (χ1) is 22.2. The highest BCUT2D eigenvalue weighted by molar-refractivity contribution is 7.41. The fraction of sp³-hybridized carbons (Fsp3) is 0.576. The second-order valence-electron chi connectivity index (χ2n) is 13.7. The van der Waals surface area contributed by atoms with Crippen LogP contribution in [0.25, 0.3) is 10.9 Å². The number of piperidine rings is 1. The number of nitrogens with one attached hydrogen (secondary N) is 1. The molecule has 0 saturated carbocycles. The number of carbonyl (C=O) groups is 2. The zero-order valence-corrected chi connectivity index (χ0v) is 29.4. The Morgan fingerprint density at radius 1 is 1.06 bits per heavy atom.